The zero-order valence-corrected chi connectivity index (χ0v) is 16.1. The van der Waals surface area contributed by atoms with Crippen molar-refractivity contribution < 1.29 is 9.31 Å². The summed E-state index contributed by atoms with van der Waals surface area (Å²) in [6, 6.07) is 19.3. The lowest BCUT2D eigenvalue weighted by Gasteiger charge is -2.32. The molecule has 3 aromatic carbocycles. The van der Waals surface area contributed by atoms with Crippen molar-refractivity contribution in [3.8, 4) is 0 Å². The third-order valence-corrected chi connectivity index (χ3v) is 6.12. The first-order chi connectivity index (χ1) is 12.9. The molecule has 1 fully saturated rings. The molecular formula is C23H22BNO2. The molecule has 0 atom stereocenters. The van der Waals surface area contributed by atoms with E-state index in [0.717, 1.165) is 16.4 Å². The molecule has 0 amide bonds. The summed E-state index contributed by atoms with van der Waals surface area (Å²) in [5.74, 6) is 0. The van der Waals surface area contributed by atoms with Crippen molar-refractivity contribution in [3.05, 3.63) is 60.8 Å². The van der Waals surface area contributed by atoms with Crippen LogP contribution < -0.4 is 5.59 Å². The van der Waals surface area contributed by atoms with Gasteiger partial charge in [-0.1, -0.05) is 48.5 Å². The van der Waals surface area contributed by atoms with Crippen LogP contribution in [0.15, 0.2) is 60.8 Å². The Labute approximate surface area is 159 Å². The van der Waals surface area contributed by atoms with E-state index in [1.165, 1.54) is 21.5 Å². The van der Waals surface area contributed by atoms with Crippen LogP contribution in [-0.2, 0) is 9.31 Å². The molecule has 4 aromatic rings. The van der Waals surface area contributed by atoms with Crippen molar-refractivity contribution in [1.82, 2.24) is 4.98 Å². The third-order valence-electron chi connectivity index (χ3n) is 6.12. The third kappa shape index (κ3) is 2.48. The quantitative estimate of drug-likeness (QED) is 0.362. The van der Waals surface area contributed by atoms with Crippen LogP contribution in [0.5, 0.6) is 0 Å². The van der Waals surface area contributed by atoms with Crippen molar-refractivity contribution >= 4 is 45.0 Å². The van der Waals surface area contributed by atoms with Gasteiger partial charge in [-0.25, -0.2) is 0 Å². The van der Waals surface area contributed by atoms with Gasteiger partial charge in [-0.3, -0.25) is 4.98 Å². The molecule has 1 saturated heterocycles. The summed E-state index contributed by atoms with van der Waals surface area (Å²) in [7, 11) is -0.442. The summed E-state index contributed by atoms with van der Waals surface area (Å²) in [6.45, 7) is 8.25. The SMILES string of the molecule is CC1(C)OB(c2cc3ccc4ccc5ccccc5c4c3cn2)OC1(C)C. The van der Waals surface area contributed by atoms with Gasteiger partial charge in [0.25, 0.3) is 0 Å². The highest BCUT2D eigenvalue weighted by Gasteiger charge is 2.52. The fourth-order valence-electron chi connectivity index (χ4n) is 3.83. The maximum absolute atomic E-state index is 6.17. The van der Waals surface area contributed by atoms with E-state index in [4.69, 9.17) is 14.3 Å². The Hall–Kier alpha value is -2.43. The predicted molar refractivity (Wildman–Crippen MR) is 112 cm³/mol. The van der Waals surface area contributed by atoms with Crippen LogP contribution >= 0.6 is 0 Å². The number of rotatable bonds is 1. The molecule has 0 saturated carbocycles. The van der Waals surface area contributed by atoms with E-state index in [0.29, 0.717) is 0 Å². The van der Waals surface area contributed by atoms with E-state index in [1.807, 2.05) is 6.20 Å². The number of hydrogen-bond donors (Lipinski definition) is 0. The monoisotopic (exact) mass is 355 g/mol. The lowest BCUT2D eigenvalue weighted by atomic mass is 9.83. The van der Waals surface area contributed by atoms with Gasteiger partial charge in [0.1, 0.15) is 0 Å². The van der Waals surface area contributed by atoms with Crippen molar-refractivity contribution in [2.75, 3.05) is 0 Å². The molecule has 0 N–H and O–H groups in total. The average Bonchev–Trinajstić information content (AvgIpc) is 2.88. The smallest absolute Gasteiger partial charge is 0.398 e. The van der Waals surface area contributed by atoms with Gasteiger partial charge in [-0.05, 0) is 60.7 Å². The molecule has 2 heterocycles. The Balaban J connectivity index is 1.69. The van der Waals surface area contributed by atoms with Crippen LogP contribution in [0, 0.1) is 0 Å². The number of aromatic nitrogens is 1. The fraction of sp³-hybridized carbons (Fsp3) is 0.261. The molecule has 3 nitrogen and oxygen atoms in total. The molecule has 134 valence electrons. The second kappa shape index (κ2) is 5.54. The zero-order valence-electron chi connectivity index (χ0n) is 16.1. The van der Waals surface area contributed by atoms with Crippen LogP contribution in [0.2, 0.25) is 0 Å². The molecule has 5 rings (SSSR count). The summed E-state index contributed by atoms with van der Waals surface area (Å²) < 4.78 is 12.3. The van der Waals surface area contributed by atoms with Crippen LogP contribution in [0.3, 0.4) is 0 Å². The van der Waals surface area contributed by atoms with E-state index in [1.54, 1.807) is 0 Å². The summed E-state index contributed by atoms with van der Waals surface area (Å²) >= 11 is 0. The lowest BCUT2D eigenvalue weighted by molar-refractivity contribution is 0.00578. The second-order valence-corrected chi connectivity index (χ2v) is 8.37. The predicted octanol–water partition coefficient (Wildman–Crippen LogP) is 4.84. The Morgan fingerprint density at radius 3 is 2.11 bits per heavy atom. The summed E-state index contributed by atoms with van der Waals surface area (Å²) in [5.41, 5.74) is 0.0858. The Morgan fingerprint density at radius 2 is 1.37 bits per heavy atom. The van der Waals surface area contributed by atoms with Gasteiger partial charge in [-0.2, -0.15) is 0 Å². The number of hydrogen-bond acceptors (Lipinski definition) is 3. The first kappa shape index (κ1) is 16.7. The zero-order chi connectivity index (χ0) is 18.8. The fourth-order valence-corrected chi connectivity index (χ4v) is 3.83. The Bertz CT molecular complexity index is 1180. The molecule has 1 aromatic heterocycles. The largest absolute Gasteiger partial charge is 0.514 e. The van der Waals surface area contributed by atoms with Gasteiger partial charge in [0.15, 0.2) is 0 Å². The molecule has 1 aliphatic rings. The van der Waals surface area contributed by atoms with Gasteiger partial charge >= 0.3 is 7.12 Å². The topological polar surface area (TPSA) is 31.4 Å². The van der Waals surface area contributed by atoms with E-state index in [-0.39, 0.29) is 11.2 Å². The van der Waals surface area contributed by atoms with E-state index in [9.17, 15) is 0 Å². The van der Waals surface area contributed by atoms with Gasteiger partial charge in [0, 0.05) is 11.6 Å². The lowest BCUT2D eigenvalue weighted by Crippen LogP contribution is -2.41. The second-order valence-electron chi connectivity index (χ2n) is 8.37. The number of nitrogens with zero attached hydrogens (tertiary/aromatic N) is 1. The molecule has 0 aliphatic carbocycles. The number of fused-ring (bicyclic) bond motifs is 5. The van der Waals surface area contributed by atoms with E-state index < -0.39 is 7.12 Å². The number of benzene rings is 3. The highest BCUT2D eigenvalue weighted by Crippen LogP contribution is 2.37. The molecule has 4 heteroatoms. The molecule has 27 heavy (non-hydrogen) atoms. The van der Waals surface area contributed by atoms with Crippen LogP contribution in [0.4, 0.5) is 0 Å². The average molecular weight is 355 g/mol. The molecule has 1 aliphatic heterocycles. The minimum atomic E-state index is -0.442. The molecule has 0 bridgehead atoms. The molecular weight excluding hydrogens is 333 g/mol. The highest BCUT2D eigenvalue weighted by atomic mass is 16.7. The number of pyridine rings is 1. The molecule has 0 spiro atoms. The Kier molecular flexibility index (Phi) is 3.43. The first-order valence-electron chi connectivity index (χ1n) is 9.41. The van der Waals surface area contributed by atoms with Crippen molar-refractivity contribution in [2.24, 2.45) is 0 Å². The minimum absolute atomic E-state index is 0.367. The van der Waals surface area contributed by atoms with Gasteiger partial charge in [0.05, 0.1) is 16.8 Å². The van der Waals surface area contributed by atoms with Gasteiger partial charge in [0.2, 0.25) is 0 Å². The van der Waals surface area contributed by atoms with Crippen LogP contribution in [-0.4, -0.2) is 23.3 Å². The van der Waals surface area contributed by atoms with Crippen LogP contribution in [0.1, 0.15) is 27.7 Å². The minimum Gasteiger partial charge on any atom is -0.398 e. The first-order valence-corrected chi connectivity index (χ1v) is 9.41. The standard InChI is InChI=1S/C23H22BNO2/c1-22(2)23(3,4)27-24(26-22)20-13-17-12-11-16-10-9-15-7-5-6-8-18(15)21(16)19(17)14-25-20/h5-14H,1-4H3. The van der Waals surface area contributed by atoms with Crippen molar-refractivity contribution in [1.29, 1.82) is 0 Å². The maximum Gasteiger partial charge on any atom is 0.514 e. The highest BCUT2D eigenvalue weighted by molar-refractivity contribution is 6.61. The van der Waals surface area contributed by atoms with E-state index in [2.05, 4.69) is 82.3 Å². The summed E-state index contributed by atoms with van der Waals surface area (Å²) in [5, 5.41) is 7.28. The Morgan fingerprint density at radius 1 is 0.741 bits per heavy atom. The summed E-state index contributed by atoms with van der Waals surface area (Å²) in [6.07, 6.45) is 1.96. The summed E-state index contributed by atoms with van der Waals surface area (Å²) in [4.78, 5) is 4.73. The maximum atomic E-state index is 6.17. The van der Waals surface area contributed by atoms with Crippen molar-refractivity contribution in [3.63, 3.8) is 0 Å². The van der Waals surface area contributed by atoms with Crippen molar-refractivity contribution in [2.45, 2.75) is 38.9 Å². The molecule has 0 unspecified atom stereocenters. The van der Waals surface area contributed by atoms with Gasteiger partial charge < -0.3 is 9.31 Å². The van der Waals surface area contributed by atoms with E-state index >= 15 is 0 Å². The van der Waals surface area contributed by atoms with Gasteiger partial charge in [-0.15, -0.1) is 0 Å². The molecule has 0 radical (unpaired) electrons. The van der Waals surface area contributed by atoms with Crippen LogP contribution in [0.25, 0.3) is 32.3 Å². The normalized spacial score (nSPS) is 18.6.